The van der Waals surface area contributed by atoms with Crippen molar-refractivity contribution in [2.75, 3.05) is 31.1 Å². The second kappa shape index (κ2) is 4.92. The second-order valence-corrected chi connectivity index (χ2v) is 6.10. The molecule has 4 heterocycles. The maximum absolute atomic E-state index is 12.5. The summed E-state index contributed by atoms with van der Waals surface area (Å²) in [6.07, 6.45) is 6.55. The fraction of sp³-hybridized carbons (Fsp3) is 0.643. The van der Waals surface area contributed by atoms with Crippen LogP contribution in [0.5, 0.6) is 0 Å². The summed E-state index contributed by atoms with van der Waals surface area (Å²) in [4.78, 5) is 25.5. The Bertz CT molecular complexity index is 532. The second-order valence-electron chi connectivity index (χ2n) is 6.10. The lowest BCUT2D eigenvalue weighted by Gasteiger charge is -2.50. The predicted molar refractivity (Wildman–Crippen MR) is 77.5 cm³/mol. The molecule has 2 N–H and O–H groups in total. The molecular weight excluding hydrogens is 268 g/mol. The lowest BCUT2D eigenvalue weighted by Crippen LogP contribution is -2.62. The van der Waals surface area contributed by atoms with Crippen molar-refractivity contribution in [1.29, 1.82) is 0 Å². The van der Waals surface area contributed by atoms with Crippen molar-refractivity contribution < 1.29 is 4.79 Å². The molecule has 112 valence electrons. The van der Waals surface area contributed by atoms with Crippen LogP contribution in [0.4, 0.5) is 5.95 Å². The number of nitrogens with one attached hydrogen (secondary N) is 2. The molecule has 0 radical (unpaired) electrons. The van der Waals surface area contributed by atoms with Gasteiger partial charge in [-0.1, -0.05) is 0 Å². The number of aromatic nitrogens is 2. The van der Waals surface area contributed by atoms with Crippen molar-refractivity contribution in [2.24, 2.45) is 0 Å². The van der Waals surface area contributed by atoms with Crippen LogP contribution in [0.3, 0.4) is 0 Å². The van der Waals surface area contributed by atoms with Crippen LogP contribution in [-0.2, 0) is 4.79 Å². The van der Waals surface area contributed by atoms with Crippen LogP contribution in [0.2, 0.25) is 0 Å². The number of nitrogens with zero attached hydrogens (tertiary/aromatic N) is 4. The number of carbonyl (C=O) groups excluding carboxylic acids is 1. The summed E-state index contributed by atoms with van der Waals surface area (Å²) in [5.41, 5.74) is 6.15. The first-order valence-corrected chi connectivity index (χ1v) is 7.60. The normalized spacial score (nSPS) is 31.7. The molecule has 0 saturated carbocycles. The molecular formula is C14H20N6O. The van der Waals surface area contributed by atoms with E-state index in [9.17, 15) is 4.79 Å². The molecule has 0 bridgehead atoms. The molecule has 21 heavy (non-hydrogen) atoms. The van der Waals surface area contributed by atoms with Gasteiger partial charge in [0.25, 0.3) is 0 Å². The minimum Gasteiger partial charge on any atom is -0.339 e. The SMILES string of the molecule is O=C(C1CCNN1)N1CCC2(CCN2c2ncccn2)C1. The lowest BCUT2D eigenvalue weighted by atomic mass is 9.84. The maximum atomic E-state index is 12.5. The quantitative estimate of drug-likeness (QED) is 0.766. The van der Waals surface area contributed by atoms with Gasteiger partial charge in [0, 0.05) is 38.6 Å². The van der Waals surface area contributed by atoms with Crippen LogP contribution in [-0.4, -0.2) is 58.5 Å². The van der Waals surface area contributed by atoms with E-state index in [2.05, 4.69) is 25.7 Å². The fourth-order valence-corrected chi connectivity index (χ4v) is 3.64. The third-order valence-electron chi connectivity index (χ3n) is 4.94. The van der Waals surface area contributed by atoms with Gasteiger partial charge < -0.3 is 9.80 Å². The standard InChI is InChI=1S/C14H20N6O/c21-12(11-2-7-17-18-11)19-8-3-14(10-19)4-9-20(14)13-15-5-1-6-16-13/h1,5-6,11,17-18H,2-4,7-10H2. The number of likely N-dealkylation sites (tertiary alicyclic amines) is 1. The molecule has 1 spiro atoms. The summed E-state index contributed by atoms with van der Waals surface area (Å²) in [6, 6.07) is 1.76. The van der Waals surface area contributed by atoms with Gasteiger partial charge in [-0.3, -0.25) is 10.2 Å². The van der Waals surface area contributed by atoms with Gasteiger partial charge in [-0.25, -0.2) is 15.4 Å². The molecule has 7 heteroatoms. The van der Waals surface area contributed by atoms with Crippen molar-refractivity contribution >= 4 is 11.9 Å². The zero-order chi connectivity index (χ0) is 14.3. The molecule has 2 atom stereocenters. The van der Waals surface area contributed by atoms with Gasteiger partial charge in [-0.05, 0) is 25.3 Å². The molecule has 2 unspecified atom stereocenters. The van der Waals surface area contributed by atoms with Crippen molar-refractivity contribution in [1.82, 2.24) is 25.7 Å². The number of hydrogen-bond donors (Lipinski definition) is 2. The first-order chi connectivity index (χ1) is 10.3. The van der Waals surface area contributed by atoms with E-state index in [4.69, 9.17) is 0 Å². The van der Waals surface area contributed by atoms with E-state index in [1.165, 1.54) is 0 Å². The number of carbonyl (C=O) groups is 1. The highest BCUT2D eigenvalue weighted by Gasteiger charge is 2.51. The molecule has 1 aromatic heterocycles. The Hall–Kier alpha value is -1.73. The Labute approximate surface area is 123 Å². The topological polar surface area (TPSA) is 73.4 Å². The van der Waals surface area contributed by atoms with E-state index in [-0.39, 0.29) is 17.5 Å². The number of amides is 1. The summed E-state index contributed by atoms with van der Waals surface area (Å²) in [5.74, 6) is 1.01. The molecule has 7 nitrogen and oxygen atoms in total. The van der Waals surface area contributed by atoms with Crippen LogP contribution in [0.1, 0.15) is 19.3 Å². The van der Waals surface area contributed by atoms with Crippen LogP contribution in [0.15, 0.2) is 18.5 Å². The largest absolute Gasteiger partial charge is 0.339 e. The van der Waals surface area contributed by atoms with Gasteiger partial charge in [-0.2, -0.15) is 0 Å². The average Bonchev–Trinajstić information content (AvgIpc) is 3.17. The van der Waals surface area contributed by atoms with Crippen molar-refractivity contribution in [2.45, 2.75) is 30.8 Å². The molecule has 1 aromatic rings. The van der Waals surface area contributed by atoms with Gasteiger partial charge >= 0.3 is 0 Å². The molecule has 0 aliphatic carbocycles. The van der Waals surface area contributed by atoms with Gasteiger partial charge in [0.05, 0.1) is 5.54 Å². The van der Waals surface area contributed by atoms with E-state index < -0.39 is 0 Å². The highest BCUT2D eigenvalue weighted by molar-refractivity contribution is 5.82. The van der Waals surface area contributed by atoms with Crippen molar-refractivity contribution in [3.8, 4) is 0 Å². The molecule has 4 rings (SSSR count). The first kappa shape index (κ1) is 13.0. The van der Waals surface area contributed by atoms with Crippen LogP contribution >= 0.6 is 0 Å². The van der Waals surface area contributed by atoms with Gasteiger partial charge in [-0.15, -0.1) is 0 Å². The number of hydrogen-bond acceptors (Lipinski definition) is 6. The number of rotatable bonds is 2. The molecule has 3 aliphatic heterocycles. The minimum atomic E-state index is -0.0679. The third-order valence-corrected chi connectivity index (χ3v) is 4.94. The number of anilines is 1. The predicted octanol–water partition coefficient (Wildman–Crippen LogP) is -0.476. The van der Waals surface area contributed by atoms with Gasteiger partial charge in [0.15, 0.2) is 0 Å². The molecule has 3 fully saturated rings. The Balaban J connectivity index is 1.47. The first-order valence-electron chi connectivity index (χ1n) is 7.60. The van der Waals surface area contributed by atoms with E-state index in [0.29, 0.717) is 0 Å². The van der Waals surface area contributed by atoms with E-state index in [0.717, 1.165) is 51.4 Å². The Morgan fingerprint density at radius 1 is 1.29 bits per heavy atom. The maximum Gasteiger partial charge on any atom is 0.241 e. The zero-order valence-corrected chi connectivity index (χ0v) is 12.0. The summed E-state index contributed by atoms with van der Waals surface area (Å²) in [7, 11) is 0. The average molecular weight is 288 g/mol. The van der Waals surface area contributed by atoms with Crippen LogP contribution in [0, 0.1) is 0 Å². The van der Waals surface area contributed by atoms with Crippen molar-refractivity contribution in [3.05, 3.63) is 18.5 Å². The zero-order valence-electron chi connectivity index (χ0n) is 12.0. The summed E-state index contributed by atoms with van der Waals surface area (Å²) >= 11 is 0. The molecule has 0 aromatic carbocycles. The van der Waals surface area contributed by atoms with E-state index >= 15 is 0 Å². The highest BCUT2D eigenvalue weighted by atomic mass is 16.2. The van der Waals surface area contributed by atoms with E-state index in [1.54, 1.807) is 12.4 Å². The monoisotopic (exact) mass is 288 g/mol. The molecule has 3 saturated heterocycles. The Morgan fingerprint density at radius 3 is 2.76 bits per heavy atom. The molecule has 1 amide bonds. The third kappa shape index (κ3) is 2.08. The summed E-state index contributed by atoms with van der Waals surface area (Å²) in [5, 5.41) is 0. The number of hydrazine groups is 1. The van der Waals surface area contributed by atoms with Gasteiger partial charge in [0.2, 0.25) is 11.9 Å². The fourth-order valence-electron chi connectivity index (χ4n) is 3.64. The lowest BCUT2D eigenvalue weighted by molar-refractivity contribution is -0.132. The van der Waals surface area contributed by atoms with Crippen LogP contribution < -0.4 is 15.8 Å². The highest BCUT2D eigenvalue weighted by Crippen LogP contribution is 2.41. The van der Waals surface area contributed by atoms with E-state index in [1.807, 2.05) is 11.0 Å². The van der Waals surface area contributed by atoms with Crippen molar-refractivity contribution in [3.63, 3.8) is 0 Å². The smallest absolute Gasteiger partial charge is 0.241 e. The minimum absolute atomic E-state index is 0.0586. The Morgan fingerprint density at radius 2 is 2.10 bits per heavy atom. The molecule has 3 aliphatic rings. The van der Waals surface area contributed by atoms with Crippen LogP contribution in [0.25, 0.3) is 0 Å². The summed E-state index contributed by atoms with van der Waals surface area (Å²) < 4.78 is 0. The van der Waals surface area contributed by atoms with Gasteiger partial charge in [0.1, 0.15) is 6.04 Å². The summed E-state index contributed by atoms with van der Waals surface area (Å²) in [6.45, 7) is 3.47. The Kier molecular flexibility index (Phi) is 3.04.